The summed E-state index contributed by atoms with van der Waals surface area (Å²) in [5.74, 6) is 0. The van der Waals surface area contributed by atoms with Gasteiger partial charge in [-0.05, 0) is 31.2 Å². The zero-order valence-electron chi connectivity index (χ0n) is 10.4. The van der Waals surface area contributed by atoms with Gasteiger partial charge in [0.2, 0.25) is 0 Å². The molecule has 3 rings (SSSR count). The van der Waals surface area contributed by atoms with Crippen LogP contribution in [0.3, 0.4) is 0 Å². The van der Waals surface area contributed by atoms with E-state index < -0.39 is 0 Å². The van der Waals surface area contributed by atoms with Crippen molar-refractivity contribution >= 4 is 23.7 Å². The fourth-order valence-electron chi connectivity index (χ4n) is 1.89. The van der Waals surface area contributed by atoms with Gasteiger partial charge in [0.25, 0.3) is 0 Å². The van der Waals surface area contributed by atoms with Crippen LogP contribution in [-0.2, 0) is 0 Å². The molecule has 0 saturated heterocycles. The number of aldehydes is 1. The topological polar surface area (TPSA) is 34.4 Å². The summed E-state index contributed by atoms with van der Waals surface area (Å²) in [5, 5.41) is 0.741. The maximum Gasteiger partial charge on any atom is 0.169 e. The first-order valence-corrected chi connectivity index (χ1v) is 6.76. The van der Waals surface area contributed by atoms with Crippen molar-refractivity contribution < 1.29 is 4.79 Å². The van der Waals surface area contributed by atoms with E-state index in [2.05, 4.69) is 24.0 Å². The van der Waals surface area contributed by atoms with Gasteiger partial charge in [-0.15, -0.1) is 0 Å². The second-order valence-corrected chi connectivity index (χ2v) is 5.33. The number of carbonyl (C=O) groups is 1. The van der Waals surface area contributed by atoms with E-state index in [0.29, 0.717) is 5.69 Å². The average Bonchev–Trinajstić information content (AvgIpc) is 2.78. The second kappa shape index (κ2) is 4.90. The van der Waals surface area contributed by atoms with Gasteiger partial charge in [0, 0.05) is 11.1 Å². The Morgan fingerprint density at radius 3 is 2.68 bits per heavy atom. The first kappa shape index (κ1) is 12.0. The Kier molecular flexibility index (Phi) is 3.09. The number of pyridine rings is 1. The molecule has 0 amide bonds. The second-order valence-electron chi connectivity index (χ2n) is 4.26. The molecule has 0 radical (unpaired) electrons. The summed E-state index contributed by atoms with van der Waals surface area (Å²) in [5.41, 5.74) is 2.61. The maximum atomic E-state index is 11.3. The molecule has 0 unspecified atom stereocenters. The summed E-state index contributed by atoms with van der Waals surface area (Å²) in [6.07, 6.45) is 2.71. The third kappa shape index (κ3) is 2.27. The average molecular weight is 268 g/mol. The van der Waals surface area contributed by atoms with E-state index in [1.807, 2.05) is 40.9 Å². The van der Waals surface area contributed by atoms with Crippen LogP contribution in [0.5, 0.6) is 0 Å². The van der Waals surface area contributed by atoms with Crippen LogP contribution in [0.15, 0.2) is 58.6 Å². The van der Waals surface area contributed by atoms with Crippen LogP contribution in [0, 0.1) is 6.92 Å². The fourth-order valence-corrected chi connectivity index (χ4v) is 2.78. The number of hydrogen-bond acceptors (Lipinski definition) is 3. The minimum atomic E-state index is 0.598. The SMILES string of the molecule is Cc1ccc(Sc2nc3ccccn3c2C=O)cc1. The monoisotopic (exact) mass is 268 g/mol. The third-order valence-electron chi connectivity index (χ3n) is 2.88. The summed E-state index contributed by atoms with van der Waals surface area (Å²) < 4.78 is 1.81. The van der Waals surface area contributed by atoms with Gasteiger partial charge in [-0.25, -0.2) is 4.98 Å². The van der Waals surface area contributed by atoms with Crippen molar-refractivity contribution in [3.8, 4) is 0 Å². The van der Waals surface area contributed by atoms with Crippen LogP contribution >= 0.6 is 11.8 Å². The highest BCUT2D eigenvalue weighted by molar-refractivity contribution is 7.99. The van der Waals surface area contributed by atoms with Crippen molar-refractivity contribution in [3.05, 3.63) is 59.9 Å². The number of aryl methyl sites for hydroxylation is 1. The Morgan fingerprint density at radius 2 is 1.95 bits per heavy atom. The molecule has 0 aliphatic rings. The highest BCUT2D eigenvalue weighted by Gasteiger charge is 2.12. The van der Waals surface area contributed by atoms with Gasteiger partial charge in [0.1, 0.15) is 16.4 Å². The molecule has 3 nitrogen and oxygen atoms in total. The van der Waals surface area contributed by atoms with Crippen LogP contribution in [0.1, 0.15) is 16.1 Å². The molecule has 19 heavy (non-hydrogen) atoms. The van der Waals surface area contributed by atoms with E-state index in [4.69, 9.17) is 0 Å². The Hall–Kier alpha value is -2.07. The number of aromatic nitrogens is 2. The molecule has 0 spiro atoms. The van der Waals surface area contributed by atoms with Crippen LogP contribution in [-0.4, -0.2) is 15.7 Å². The molecular weight excluding hydrogens is 256 g/mol. The van der Waals surface area contributed by atoms with E-state index in [1.54, 1.807) is 0 Å². The van der Waals surface area contributed by atoms with Gasteiger partial charge in [0.05, 0.1) is 0 Å². The van der Waals surface area contributed by atoms with E-state index >= 15 is 0 Å². The lowest BCUT2D eigenvalue weighted by Crippen LogP contribution is -1.90. The van der Waals surface area contributed by atoms with Crippen molar-refractivity contribution in [3.63, 3.8) is 0 Å². The minimum absolute atomic E-state index is 0.598. The van der Waals surface area contributed by atoms with E-state index in [-0.39, 0.29) is 0 Å². The number of imidazole rings is 1. The number of benzene rings is 1. The molecule has 0 N–H and O–H groups in total. The molecule has 1 aromatic carbocycles. The first-order chi connectivity index (χ1) is 9.28. The van der Waals surface area contributed by atoms with Crippen LogP contribution in [0.4, 0.5) is 0 Å². The van der Waals surface area contributed by atoms with Gasteiger partial charge in [-0.1, -0.05) is 35.5 Å². The van der Waals surface area contributed by atoms with E-state index in [0.717, 1.165) is 21.9 Å². The normalized spacial score (nSPS) is 10.8. The first-order valence-electron chi connectivity index (χ1n) is 5.95. The molecule has 0 saturated carbocycles. The molecule has 0 aliphatic carbocycles. The standard InChI is InChI=1S/C15H12N2OS/c1-11-5-7-12(8-6-11)19-15-13(10-18)17-9-3-2-4-14(17)16-15/h2-10H,1H3. The molecule has 94 valence electrons. The molecule has 2 heterocycles. The van der Waals surface area contributed by atoms with Crippen LogP contribution in [0.2, 0.25) is 0 Å². The van der Waals surface area contributed by atoms with Crippen molar-refractivity contribution in [2.24, 2.45) is 0 Å². The summed E-state index contributed by atoms with van der Waals surface area (Å²) in [6.45, 7) is 2.05. The number of carbonyl (C=O) groups excluding carboxylic acids is 1. The highest BCUT2D eigenvalue weighted by Crippen LogP contribution is 2.29. The van der Waals surface area contributed by atoms with Crippen molar-refractivity contribution in [2.45, 2.75) is 16.8 Å². The zero-order valence-corrected chi connectivity index (χ0v) is 11.2. The predicted molar refractivity (Wildman–Crippen MR) is 75.9 cm³/mol. The number of hydrogen-bond donors (Lipinski definition) is 0. The number of rotatable bonds is 3. The van der Waals surface area contributed by atoms with Crippen molar-refractivity contribution in [2.75, 3.05) is 0 Å². The molecule has 0 atom stereocenters. The highest BCUT2D eigenvalue weighted by atomic mass is 32.2. The Balaban J connectivity index is 2.05. The summed E-state index contributed by atoms with van der Waals surface area (Å²) >= 11 is 1.51. The number of nitrogens with zero attached hydrogens (tertiary/aromatic N) is 2. The minimum Gasteiger partial charge on any atom is -0.296 e. The molecule has 0 aliphatic heterocycles. The van der Waals surface area contributed by atoms with Crippen LogP contribution in [0.25, 0.3) is 5.65 Å². The Bertz CT molecular complexity index is 731. The lowest BCUT2D eigenvalue weighted by molar-refractivity contribution is 0.111. The predicted octanol–water partition coefficient (Wildman–Crippen LogP) is 3.61. The summed E-state index contributed by atoms with van der Waals surface area (Å²) in [6, 6.07) is 13.9. The van der Waals surface area contributed by atoms with E-state index in [1.165, 1.54) is 17.3 Å². The molecule has 2 aromatic heterocycles. The smallest absolute Gasteiger partial charge is 0.169 e. The van der Waals surface area contributed by atoms with E-state index in [9.17, 15) is 4.79 Å². The van der Waals surface area contributed by atoms with Gasteiger partial charge in [-0.2, -0.15) is 0 Å². The quantitative estimate of drug-likeness (QED) is 0.681. The summed E-state index contributed by atoms with van der Waals surface area (Å²) in [7, 11) is 0. The fraction of sp³-hybridized carbons (Fsp3) is 0.0667. The summed E-state index contributed by atoms with van der Waals surface area (Å²) in [4.78, 5) is 16.8. The van der Waals surface area contributed by atoms with Crippen molar-refractivity contribution in [1.29, 1.82) is 0 Å². The number of fused-ring (bicyclic) bond motifs is 1. The van der Waals surface area contributed by atoms with Gasteiger partial charge in [-0.3, -0.25) is 9.20 Å². The van der Waals surface area contributed by atoms with Gasteiger partial charge in [0.15, 0.2) is 6.29 Å². The van der Waals surface area contributed by atoms with Gasteiger partial charge >= 0.3 is 0 Å². The molecule has 4 heteroatoms. The largest absolute Gasteiger partial charge is 0.296 e. The zero-order chi connectivity index (χ0) is 13.2. The van der Waals surface area contributed by atoms with Gasteiger partial charge < -0.3 is 0 Å². The maximum absolute atomic E-state index is 11.3. The molecular formula is C15H12N2OS. The molecule has 3 aromatic rings. The lowest BCUT2D eigenvalue weighted by atomic mass is 10.2. The Morgan fingerprint density at radius 1 is 1.16 bits per heavy atom. The third-order valence-corrected chi connectivity index (χ3v) is 3.88. The lowest BCUT2D eigenvalue weighted by Gasteiger charge is -1.99. The van der Waals surface area contributed by atoms with Crippen LogP contribution < -0.4 is 0 Å². The van der Waals surface area contributed by atoms with Crippen molar-refractivity contribution in [1.82, 2.24) is 9.38 Å². The molecule has 0 fully saturated rings. The Labute approximate surface area is 115 Å². The molecule has 0 bridgehead atoms.